The summed E-state index contributed by atoms with van der Waals surface area (Å²) in [6.45, 7) is 0. The molecule has 24 aromatic carbocycles. The van der Waals surface area contributed by atoms with E-state index in [-0.39, 0.29) is 0 Å². The molecule has 4 N–H and O–H groups in total. The zero-order valence-electron chi connectivity index (χ0n) is 80.4. The highest BCUT2D eigenvalue weighted by Crippen LogP contribution is 2.70. The van der Waals surface area contributed by atoms with Gasteiger partial charge in [0.2, 0.25) is 0 Å². The van der Waals surface area contributed by atoms with Crippen molar-refractivity contribution in [3.8, 4) is 90.5 Å². The van der Waals surface area contributed by atoms with E-state index in [1.165, 1.54) is 166 Å². The van der Waals surface area contributed by atoms with Crippen LogP contribution in [0.4, 0.5) is 45.5 Å². The van der Waals surface area contributed by atoms with Gasteiger partial charge in [-0.15, -0.1) is 0 Å². The highest BCUT2D eigenvalue weighted by molar-refractivity contribution is 6.06. The van der Waals surface area contributed by atoms with Crippen LogP contribution >= 0.6 is 0 Å². The Labute approximate surface area is 857 Å². The number of anilines is 8. The van der Waals surface area contributed by atoms with Gasteiger partial charge in [-0.1, -0.05) is 400 Å². The average molecular weight is 1890 g/mol. The number of hydrogen-bond acceptors (Lipinski definition) is 8. The van der Waals surface area contributed by atoms with Gasteiger partial charge in [0, 0.05) is 95.3 Å². The van der Waals surface area contributed by atoms with Gasteiger partial charge < -0.3 is 40.2 Å². The molecule has 4 atom stereocenters. The molecule has 0 fully saturated rings. The number of fused-ring (bicyclic) bond motifs is 42. The third kappa shape index (κ3) is 13.0. The standard InChI is InChI=1S/4C35H23NO/c1-2-13-25(14-3-1)36-31-19-10-18-29-34(31)26-15-6-7-16-27(26)35(29)28-17-8-9-20-32(28)37-33-22-24-12-5-4-11-23(24)21-30(33)35;1-2-12-24(13-3-1)36-31-19-10-18-30-34(31)37-32-20-9-8-17-28(32)35(30)27-16-7-6-15-26(27)33-25-14-5-4-11-23(25)21-22-29(33)35;1-2-12-25(13-3-1)36-26-18-19-28-27-14-6-7-15-29(27)35(31(28)22-26)30-16-8-9-17-33(30)37-34-21-24-11-5-4-10-23(24)20-32(34)35;1-2-11-24(12-3-1)36-25-19-20-28-27-14-6-7-15-29(27)35(32(28)22-25)30-16-8-9-17-33(30)37-34-26-13-5-4-10-23(26)18-21-31(34)35/h4*1-22,36H. The second-order valence-corrected chi connectivity index (χ2v) is 39.2. The maximum absolute atomic E-state index is 6.72. The Morgan fingerprint density at radius 1 is 0.135 bits per heavy atom. The van der Waals surface area contributed by atoms with Crippen molar-refractivity contribution in [3.63, 3.8) is 0 Å². The molecule has 32 rings (SSSR count). The molecule has 696 valence electrons. The lowest BCUT2D eigenvalue weighted by atomic mass is 9.65. The first-order valence-electron chi connectivity index (χ1n) is 50.8. The lowest BCUT2D eigenvalue weighted by Gasteiger charge is -2.40. The number of ether oxygens (including phenoxy) is 4. The summed E-state index contributed by atoms with van der Waals surface area (Å²) in [5.74, 6) is 7.29. The van der Waals surface area contributed by atoms with Crippen LogP contribution in [-0.4, -0.2) is 0 Å². The number of benzene rings is 24. The van der Waals surface area contributed by atoms with E-state index in [0.717, 1.165) is 102 Å². The van der Waals surface area contributed by atoms with Gasteiger partial charge in [0.05, 0.1) is 27.3 Å². The number of nitrogens with one attached hydrogen (secondary N) is 4. The molecule has 4 unspecified atom stereocenters. The number of para-hydroxylation sites is 9. The van der Waals surface area contributed by atoms with Crippen molar-refractivity contribution in [2.24, 2.45) is 0 Å². The van der Waals surface area contributed by atoms with E-state index >= 15 is 0 Å². The van der Waals surface area contributed by atoms with Crippen molar-refractivity contribution >= 4 is 88.6 Å². The van der Waals surface area contributed by atoms with Crippen LogP contribution in [-0.2, 0) is 21.7 Å². The molecule has 8 heteroatoms. The van der Waals surface area contributed by atoms with Crippen LogP contribution in [0.3, 0.4) is 0 Å². The smallest absolute Gasteiger partial charge is 0.155 e. The summed E-state index contributed by atoms with van der Waals surface area (Å²) in [6.07, 6.45) is 0. The molecule has 0 aromatic heterocycles. The van der Waals surface area contributed by atoms with Crippen LogP contribution in [0.1, 0.15) is 89.0 Å². The van der Waals surface area contributed by atoms with E-state index in [2.05, 4.69) is 519 Å². The molecule has 0 amide bonds. The van der Waals surface area contributed by atoms with Gasteiger partial charge in [0.1, 0.15) is 40.2 Å². The topological polar surface area (TPSA) is 85.0 Å². The fraction of sp³-hybridized carbons (Fsp3) is 0.0286. The Kier molecular flexibility index (Phi) is 19.8. The van der Waals surface area contributed by atoms with Crippen molar-refractivity contribution in [1.29, 1.82) is 0 Å². The van der Waals surface area contributed by atoms with Crippen LogP contribution in [0.5, 0.6) is 46.0 Å². The van der Waals surface area contributed by atoms with Crippen molar-refractivity contribution in [3.05, 3.63) is 623 Å². The van der Waals surface area contributed by atoms with Crippen molar-refractivity contribution < 1.29 is 18.9 Å². The van der Waals surface area contributed by atoms with Gasteiger partial charge in [-0.25, -0.2) is 0 Å². The van der Waals surface area contributed by atoms with Crippen molar-refractivity contribution in [2.75, 3.05) is 21.3 Å². The summed E-state index contributed by atoms with van der Waals surface area (Å²) in [4.78, 5) is 0. The predicted octanol–water partition coefficient (Wildman–Crippen LogP) is 36.2. The zero-order valence-corrected chi connectivity index (χ0v) is 80.4. The van der Waals surface area contributed by atoms with E-state index in [4.69, 9.17) is 18.9 Å². The van der Waals surface area contributed by atoms with Crippen molar-refractivity contribution in [1.82, 2.24) is 0 Å². The first-order valence-corrected chi connectivity index (χ1v) is 50.8. The third-order valence-electron chi connectivity index (χ3n) is 31.6. The molecule has 4 spiro atoms. The zero-order chi connectivity index (χ0) is 97.6. The summed E-state index contributed by atoms with van der Waals surface area (Å²) in [6, 6.07) is 190. The Morgan fingerprint density at radius 3 is 0.912 bits per heavy atom. The van der Waals surface area contributed by atoms with Crippen LogP contribution in [0.15, 0.2) is 534 Å². The maximum atomic E-state index is 6.72. The van der Waals surface area contributed by atoms with Gasteiger partial charge in [-0.3, -0.25) is 0 Å². The molecular formula is C140H92N4O4. The fourth-order valence-corrected chi connectivity index (χ4v) is 25.6. The highest BCUT2D eigenvalue weighted by atomic mass is 16.5. The molecule has 4 aliphatic carbocycles. The maximum Gasteiger partial charge on any atom is 0.155 e. The average Bonchev–Trinajstić information content (AvgIpc) is 1.51. The SMILES string of the molecule is c1ccc(Nc2ccc3c(c2)C2(c4ccccc4Oc4c2ccc2ccccc42)c2ccccc2-3)cc1.c1ccc(Nc2ccc3c(c2)C2(c4ccccc4Oc4cc5ccccc5cc42)c2ccccc2-3)cc1.c1ccc(Nc2cccc3c2-c2ccccc2C32c3ccccc3Oc3cc4ccccc4cc32)cc1.c1ccc(Nc2cccc3c2Oc2ccccc2C32c3ccccc3-c3c2ccc2ccccc32)cc1. The van der Waals surface area contributed by atoms with E-state index in [0.29, 0.717) is 0 Å². The predicted molar refractivity (Wildman–Crippen MR) is 604 cm³/mol. The number of rotatable bonds is 8. The minimum Gasteiger partial charge on any atom is -0.457 e. The minimum atomic E-state index is -0.478. The van der Waals surface area contributed by atoms with Gasteiger partial charge in [-0.2, -0.15) is 0 Å². The molecule has 0 bridgehead atoms. The Hall–Kier alpha value is -19.3. The van der Waals surface area contributed by atoms with Gasteiger partial charge in [0.15, 0.2) is 5.75 Å². The quantitative estimate of drug-likeness (QED) is 0.120. The minimum absolute atomic E-state index is 0.478. The Balaban J connectivity index is 0.0000000930. The summed E-state index contributed by atoms with van der Waals surface area (Å²) >= 11 is 0. The molecule has 0 radical (unpaired) electrons. The molecular weight excluding hydrogens is 1800 g/mol. The van der Waals surface area contributed by atoms with Crippen LogP contribution in [0.25, 0.3) is 87.6 Å². The van der Waals surface area contributed by atoms with Crippen LogP contribution in [0.2, 0.25) is 0 Å². The summed E-state index contributed by atoms with van der Waals surface area (Å²) < 4.78 is 26.7. The molecule has 148 heavy (non-hydrogen) atoms. The lowest BCUT2D eigenvalue weighted by molar-refractivity contribution is 0.437. The Bertz CT molecular complexity index is 9220. The van der Waals surface area contributed by atoms with E-state index in [1.54, 1.807) is 0 Å². The molecule has 4 heterocycles. The molecule has 4 aliphatic heterocycles. The molecule has 0 saturated heterocycles. The normalized spacial score (nSPS) is 16.4. The number of hydrogen-bond donors (Lipinski definition) is 4. The largest absolute Gasteiger partial charge is 0.457 e. The van der Waals surface area contributed by atoms with Gasteiger partial charge in [0.25, 0.3) is 0 Å². The third-order valence-corrected chi connectivity index (χ3v) is 31.6. The van der Waals surface area contributed by atoms with E-state index < -0.39 is 21.7 Å². The van der Waals surface area contributed by atoms with E-state index in [9.17, 15) is 0 Å². The Morgan fingerprint density at radius 2 is 0.432 bits per heavy atom. The highest BCUT2D eigenvalue weighted by Gasteiger charge is 2.57. The van der Waals surface area contributed by atoms with Crippen LogP contribution in [0, 0.1) is 0 Å². The lowest BCUT2D eigenvalue weighted by Crippen LogP contribution is -2.32. The molecule has 8 aliphatic rings. The fourth-order valence-electron chi connectivity index (χ4n) is 25.6. The summed E-state index contributed by atoms with van der Waals surface area (Å²) in [5, 5.41) is 24.3. The molecule has 0 saturated carbocycles. The van der Waals surface area contributed by atoms with Gasteiger partial charge >= 0.3 is 0 Å². The van der Waals surface area contributed by atoms with Crippen LogP contribution < -0.4 is 40.2 Å². The molecule has 8 nitrogen and oxygen atoms in total. The van der Waals surface area contributed by atoms with Crippen molar-refractivity contribution in [2.45, 2.75) is 21.7 Å². The first-order chi connectivity index (χ1) is 73.3. The van der Waals surface area contributed by atoms with E-state index in [1.807, 2.05) is 36.4 Å². The second-order valence-electron chi connectivity index (χ2n) is 39.2. The monoisotopic (exact) mass is 1890 g/mol. The second kappa shape index (κ2) is 34.2. The summed E-state index contributed by atoms with van der Waals surface area (Å²) in [5.41, 5.74) is 36.6. The summed E-state index contributed by atoms with van der Waals surface area (Å²) in [7, 11) is 0. The van der Waals surface area contributed by atoms with Gasteiger partial charge in [-0.05, 0) is 255 Å². The first kappa shape index (κ1) is 85.5. The molecule has 24 aromatic rings.